The standard InChI is InChI=1S/C27H35N7O2/c1-5-15(2)34-22(12-13-29-34)26(35)31-25(24(18-6-7-18)19-8-9-19)27(36)30-20-10-11-21(28-14-20)23-16(3)32-33-17(23)4/h10-15,18-19,24-25H,5-9H2,1-4H3,(H,30,36)(H,31,35)(H,32,33)/t15?,25-/m0/s1. The van der Waals surface area contributed by atoms with Crippen LogP contribution in [0.1, 0.15) is 73.9 Å². The molecule has 0 aliphatic heterocycles. The summed E-state index contributed by atoms with van der Waals surface area (Å²) in [6.07, 6.45) is 8.64. The van der Waals surface area contributed by atoms with Gasteiger partial charge in [0.05, 0.1) is 23.3 Å². The summed E-state index contributed by atoms with van der Waals surface area (Å²) in [4.78, 5) is 31.6. The molecule has 3 N–H and O–H groups in total. The van der Waals surface area contributed by atoms with Crippen molar-refractivity contribution < 1.29 is 9.59 Å². The summed E-state index contributed by atoms with van der Waals surface area (Å²) in [7, 11) is 0. The minimum atomic E-state index is -0.601. The lowest BCUT2D eigenvalue weighted by atomic mass is 9.88. The molecule has 9 heteroatoms. The molecule has 2 saturated carbocycles. The average Bonchev–Trinajstić information content (AvgIpc) is 3.81. The van der Waals surface area contributed by atoms with Crippen molar-refractivity contribution in [2.75, 3.05) is 5.32 Å². The number of hydrogen-bond donors (Lipinski definition) is 3. The number of anilines is 1. The Balaban J connectivity index is 1.36. The molecule has 0 radical (unpaired) electrons. The molecule has 3 aromatic heterocycles. The molecular formula is C27H35N7O2. The van der Waals surface area contributed by atoms with Gasteiger partial charge in [0, 0.05) is 23.5 Å². The number of carbonyl (C=O) groups is 2. The highest BCUT2D eigenvalue weighted by molar-refractivity contribution is 6.00. The Morgan fingerprint density at radius 1 is 1.14 bits per heavy atom. The van der Waals surface area contributed by atoms with E-state index in [4.69, 9.17) is 0 Å². The Hall–Kier alpha value is -3.49. The maximum Gasteiger partial charge on any atom is 0.270 e. The largest absolute Gasteiger partial charge is 0.339 e. The quantitative estimate of drug-likeness (QED) is 0.389. The lowest BCUT2D eigenvalue weighted by Gasteiger charge is -2.28. The van der Waals surface area contributed by atoms with Crippen molar-refractivity contribution in [3.63, 3.8) is 0 Å². The molecule has 5 rings (SSSR count). The average molecular weight is 490 g/mol. The smallest absolute Gasteiger partial charge is 0.270 e. The van der Waals surface area contributed by atoms with Crippen molar-refractivity contribution in [2.45, 2.75) is 71.9 Å². The number of amides is 2. The second-order valence-electron chi connectivity index (χ2n) is 10.4. The zero-order valence-electron chi connectivity index (χ0n) is 21.4. The predicted molar refractivity (Wildman–Crippen MR) is 137 cm³/mol. The van der Waals surface area contributed by atoms with Crippen molar-refractivity contribution in [2.24, 2.45) is 17.8 Å². The van der Waals surface area contributed by atoms with E-state index in [0.29, 0.717) is 23.2 Å². The van der Waals surface area contributed by atoms with Crippen LogP contribution in [0.4, 0.5) is 5.69 Å². The molecule has 2 aliphatic carbocycles. The first-order chi connectivity index (χ1) is 17.4. The number of nitrogens with one attached hydrogen (secondary N) is 3. The van der Waals surface area contributed by atoms with Gasteiger partial charge in [-0.25, -0.2) is 0 Å². The van der Waals surface area contributed by atoms with Gasteiger partial charge in [0.15, 0.2) is 0 Å². The Morgan fingerprint density at radius 2 is 1.86 bits per heavy atom. The van der Waals surface area contributed by atoms with E-state index in [2.05, 4.69) is 37.8 Å². The summed E-state index contributed by atoms with van der Waals surface area (Å²) in [5, 5.41) is 17.7. The SMILES string of the molecule is CCC(C)n1nccc1C(=O)N[C@H](C(=O)Nc1ccc(-c2c(C)n[nH]c2C)nc1)C(C1CC1)C1CC1. The molecule has 3 heterocycles. The van der Waals surface area contributed by atoms with E-state index in [1.807, 2.05) is 32.9 Å². The number of hydrogen-bond acceptors (Lipinski definition) is 5. The van der Waals surface area contributed by atoms with Gasteiger partial charge in [0.1, 0.15) is 11.7 Å². The fraction of sp³-hybridized carbons (Fsp3) is 0.519. The van der Waals surface area contributed by atoms with Gasteiger partial charge in [-0.1, -0.05) is 6.92 Å². The molecule has 1 unspecified atom stereocenters. The zero-order valence-corrected chi connectivity index (χ0v) is 21.4. The number of pyridine rings is 1. The van der Waals surface area contributed by atoms with Gasteiger partial charge in [0.2, 0.25) is 5.91 Å². The van der Waals surface area contributed by atoms with Gasteiger partial charge < -0.3 is 10.6 Å². The highest BCUT2D eigenvalue weighted by atomic mass is 16.2. The normalized spacial score (nSPS) is 17.1. The van der Waals surface area contributed by atoms with Gasteiger partial charge in [-0.05, 0) is 88.8 Å². The minimum Gasteiger partial charge on any atom is -0.339 e. The summed E-state index contributed by atoms with van der Waals surface area (Å²) in [5.74, 6) is 0.684. The third kappa shape index (κ3) is 4.92. The van der Waals surface area contributed by atoms with E-state index < -0.39 is 6.04 Å². The van der Waals surface area contributed by atoms with Gasteiger partial charge in [-0.2, -0.15) is 10.2 Å². The lowest BCUT2D eigenvalue weighted by molar-refractivity contribution is -0.119. The van der Waals surface area contributed by atoms with Gasteiger partial charge in [-0.15, -0.1) is 0 Å². The molecule has 2 aliphatic rings. The number of aromatic amines is 1. The molecule has 2 fully saturated rings. The van der Waals surface area contributed by atoms with Crippen LogP contribution in [0.15, 0.2) is 30.6 Å². The van der Waals surface area contributed by atoms with Gasteiger partial charge >= 0.3 is 0 Å². The summed E-state index contributed by atoms with van der Waals surface area (Å²) >= 11 is 0. The van der Waals surface area contributed by atoms with Crippen molar-refractivity contribution in [1.82, 2.24) is 30.3 Å². The summed E-state index contributed by atoms with van der Waals surface area (Å²) in [6, 6.07) is 4.96. The number of H-pyrrole nitrogens is 1. The Morgan fingerprint density at radius 3 is 2.42 bits per heavy atom. The van der Waals surface area contributed by atoms with Crippen LogP contribution in [0.3, 0.4) is 0 Å². The second kappa shape index (κ2) is 9.87. The predicted octanol–water partition coefficient (Wildman–Crippen LogP) is 4.43. The number of carbonyl (C=O) groups excluding carboxylic acids is 2. The number of nitrogens with zero attached hydrogens (tertiary/aromatic N) is 4. The van der Waals surface area contributed by atoms with Crippen LogP contribution < -0.4 is 10.6 Å². The molecule has 36 heavy (non-hydrogen) atoms. The fourth-order valence-corrected chi connectivity index (χ4v) is 5.23. The van der Waals surface area contributed by atoms with Crippen LogP contribution in [-0.4, -0.2) is 42.8 Å². The lowest BCUT2D eigenvalue weighted by Crippen LogP contribution is -2.50. The van der Waals surface area contributed by atoms with Gasteiger partial charge in [-0.3, -0.25) is 24.4 Å². The van der Waals surface area contributed by atoms with Crippen LogP contribution in [0.25, 0.3) is 11.3 Å². The highest BCUT2D eigenvalue weighted by Gasteiger charge is 2.48. The van der Waals surface area contributed by atoms with Crippen molar-refractivity contribution in [3.8, 4) is 11.3 Å². The highest BCUT2D eigenvalue weighted by Crippen LogP contribution is 2.51. The maximum absolute atomic E-state index is 13.6. The summed E-state index contributed by atoms with van der Waals surface area (Å²) in [5.41, 5.74) is 4.70. The topological polar surface area (TPSA) is 118 Å². The number of aryl methyl sites for hydroxylation is 2. The van der Waals surface area contributed by atoms with E-state index in [1.54, 1.807) is 23.1 Å². The first-order valence-corrected chi connectivity index (χ1v) is 13.0. The number of rotatable bonds is 10. The third-order valence-electron chi connectivity index (χ3n) is 7.61. The molecule has 9 nitrogen and oxygen atoms in total. The van der Waals surface area contributed by atoms with Crippen molar-refractivity contribution >= 4 is 17.5 Å². The number of aromatic nitrogens is 5. The van der Waals surface area contributed by atoms with Crippen LogP contribution in [0.2, 0.25) is 0 Å². The first-order valence-electron chi connectivity index (χ1n) is 13.0. The summed E-state index contributed by atoms with van der Waals surface area (Å²) in [6.45, 7) is 8.00. The van der Waals surface area contributed by atoms with Gasteiger partial charge in [0.25, 0.3) is 5.91 Å². The Labute approximate surface area is 211 Å². The van der Waals surface area contributed by atoms with Crippen LogP contribution >= 0.6 is 0 Å². The Kier molecular flexibility index (Phi) is 6.64. The third-order valence-corrected chi connectivity index (χ3v) is 7.61. The molecule has 2 amide bonds. The van der Waals surface area contributed by atoms with Crippen molar-refractivity contribution in [1.29, 1.82) is 0 Å². The van der Waals surface area contributed by atoms with Crippen LogP contribution in [0, 0.1) is 31.6 Å². The zero-order chi connectivity index (χ0) is 25.4. The molecule has 0 aromatic carbocycles. The second-order valence-corrected chi connectivity index (χ2v) is 10.4. The summed E-state index contributed by atoms with van der Waals surface area (Å²) < 4.78 is 1.75. The van der Waals surface area contributed by atoms with E-state index in [-0.39, 0.29) is 23.8 Å². The van der Waals surface area contributed by atoms with E-state index in [0.717, 1.165) is 54.7 Å². The van der Waals surface area contributed by atoms with E-state index in [9.17, 15) is 9.59 Å². The molecular weight excluding hydrogens is 454 g/mol. The van der Waals surface area contributed by atoms with E-state index in [1.165, 1.54) is 0 Å². The Bertz CT molecular complexity index is 1210. The molecule has 3 aromatic rings. The molecule has 190 valence electrons. The van der Waals surface area contributed by atoms with Crippen LogP contribution in [0.5, 0.6) is 0 Å². The molecule has 0 saturated heterocycles. The molecule has 0 bridgehead atoms. The fourth-order valence-electron chi connectivity index (χ4n) is 5.23. The molecule has 2 atom stereocenters. The monoisotopic (exact) mass is 489 g/mol. The van der Waals surface area contributed by atoms with Crippen LogP contribution in [-0.2, 0) is 4.79 Å². The minimum absolute atomic E-state index is 0.0998. The molecule has 0 spiro atoms. The maximum atomic E-state index is 13.6. The first kappa shape index (κ1) is 24.2. The van der Waals surface area contributed by atoms with E-state index >= 15 is 0 Å². The van der Waals surface area contributed by atoms with Crippen molar-refractivity contribution in [3.05, 3.63) is 47.7 Å².